The van der Waals surface area contributed by atoms with Gasteiger partial charge in [-0.2, -0.15) is 0 Å². The summed E-state index contributed by atoms with van der Waals surface area (Å²) in [7, 11) is 0. The Balaban J connectivity index is 1.34. The molecule has 2 amide bonds. The second-order valence-electron chi connectivity index (χ2n) is 15.3. The van der Waals surface area contributed by atoms with Crippen molar-refractivity contribution in [3.8, 4) is 0 Å². The molecule has 10 heteroatoms. The monoisotopic (exact) mass is 737 g/mol. The molecule has 4 atom stereocenters. The Morgan fingerprint density at radius 2 is 0.673 bits per heavy atom. The third-order valence-corrected chi connectivity index (χ3v) is 10.5. The first-order valence-corrected chi connectivity index (χ1v) is 21.7. The van der Waals surface area contributed by atoms with Crippen LogP contribution in [0.5, 0.6) is 0 Å². The fourth-order valence-corrected chi connectivity index (χ4v) is 7.29. The van der Waals surface area contributed by atoms with E-state index in [4.69, 9.17) is 18.9 Å². The molecular weight excluding hydrogens is 660 g/mol. The van der Waals surface area contributed by atoms with Crippen molar-refractivity contribution < 1.29 is 38.1 Å². The predicted molar refractivity (Wildman–Crippen MR) is 206 cm³/mol. The smallest absolute Gasteiger partial charge is 0.427 e. The molecule has 2 heterocycles. The van der Waals surface area contributed by atoms with Crippen molar-refractivity contribution in [3.63, 3.8) is 0 Å². The summed E-state index contributed by atoms with van der Waals surface area (Å²) >= 11 is 0. The second-order valence-corrected chi connectivity index (χ2v) is 15.3. The molecule has 10 nitrogen and oxygen atoms in total. The summed E-state index contributed by atoms with van der Waals surface area (Å²) in [5, 5.41) is 6.00. The molecule has 0 radical (unpaired) electrons. The standard InChI is InChI=1S/C42H76N2O8/c1-3-5-7-9-13-19-27-35-37(51-41(47)49-35)29-21-15-11-17-23-31-39(45)43-33-25-26-34-44-40(46)32-24-18-12-16-22-30-38-36(50-42(48)52-38)28-20-14-10-8-6-4-2/h35-38H,3-34H2,1-2H3,(H,43,45)(H,44,46). The van der Waals surface area contributed by atoms with Crippen LogP contribution in [-0.2, 0) is 28.5 Å². The molecule has 2 saturated heterocycles. The number of ether oxygens (including phenoxy) is 4. The normalized spacial score (nSPS) is 19.6. The van der Waals surface area contributed by atoms with Gasteiger partial charge in [-0.15, -0.1) is 0 Å². The highest BCUT2D eigenvalue weighted by molar-refractivity contribution is 5.76. The maximum Gasteiger partial charge on any atom is 0.509 e. The summed E-state index contributed by atoms with van der Waals surface area (Å²) in [6.45, 7) is 5.73. The van der Waals surface area contributed by atoms with Gasteiger partial charge in [0, 0.05) is 25.9 Å². The largest absolute Gasteiger partial charge is 0.509 e. The van der Waals surface area contributed by atoms with E-state index in [1.54, 1.807) is 0 Å². The number of hydrogen-bond acceptors (Lipinski definition) is 8. The first-order valence-electron chi connectivity index (χ1n) is 21.7. The first kappa shape index (κ1) is 45.6. The molecule has 0 spiro atoms. The van der Waals surface area contributed by atoms with Gasteiger partial charge in [-0.3, -0.25) is 9.59 Å². The van der Waals surface area contributed by atoms with Crippen LogP contribution in [0.4, 0.5) is 9.59 Å². The maximum absolute atomic E-state index is 12.2. The summed E-state index contributed by atoms with van der Waals surface area (Å²) in [5.74, 6) is 0.198. The molecule has 2 N–H and O–H groups in total. The molecule has 0 saturated carbocycles. The number of rotatable bonds is 35. The topological polar surface area (TPSA) is 129 Å². The van der Waals surface area contributed by atoms with Crippen molar-refractivity contribution >= 4 is 24.1 Å². The quantitative estimate of drug-likeness (QED) is 0.0486. The Morgan fingerprint density at radius 3 is 0.981 bits per heavy atom. The van der Waals surface area contributed by atoms with E-state index < -0.39 is 12.3 Å². The van der Waals surface area contributed by atoms with E-state index in [2.05, 4.69) is 24.5 Å². The van der Waals surface area contributed by atoms with E-state index in [9.17, 15) is 19.2 Å². The Bertz CT molecular complexity index is 873. The molecule has 0 aliphatic carbocycles. The Morgan fingerprint density at radius 1 is 0.404 bits per heavy atom. The van der Waals surface area contributed by atoms with Crippen molar-refractivity contribution in [2.75, 3.05) is 13.1 Å². The summed E-state index contributed by atoms with van der Waals surface area (Å²) in [6, 6.07) is 0. The van der Waals surface area contributed by atoms with Gasteiger partial charge >= 0.3 is 12.3 Å². The summed E-state index contributed by atoms with van der Waals surface area (Å²) in [4.78, 5) is 47.7. The van der Waals surface area contributed by atoms with Crippen molar-refractivity contribution in [2.45, 2.75) is 231 Å². The van der Waals surface area contributed by atoms with Crippen LogP contribution in [0.3, 0.4) is 0 Å². The van der Waals surface area contributed by atoms with Crippen molar-refractivity contribution in [2.24, 2.45) is 0 Å². The molecule has 0 aromatic heterocycles. The molecular formula is C42H76N2O8. The Labute approximate surface area is 316 Å². The van der Waals surface area contributed by atoms with Crippen LogP contribution >= 0.6 is 0 Å². The van der Waals surface area contributed by atoms with Gasteiger partial charge in [0.15, 0.2) is 0 Å². The zero-order valence-electron chi connectivity index (χ0n) is 33.2. The number of cyclic esters (lactones) is 4. The van der Waals surface area contributed by atoms with Crippen molar-refractivity contribution in [1.82, 2.24) is 10.6 Å². The number of carbonyl (C=O) groups is 4. The van der Waals surface area contributed by atoms with Crippen molar-refractivity contribution in [1.29, 1.82) is 0 Å². The zero-order valence-corrected chi connectivity index (χ0v) is 33.2. The van der Waals surface area contributed by atoms with Crippen LogP contribution in [-0.4, -0.2) is 61.6 Å². The van der Waals surface area contributed by atoms with E-state index in [0.717, 1.165) is 116 Å². The second kappa shape index (κ2) is 30.9. The van der Waals surface area contributed by atoms with Gasteiger partial charge in [0.1, 0.15) is 24.4 Å². The van der Waals surface area contributed by atoms with E-state index in [1.807, 2.05) is 0 Å². The summed E-state index contributed by atoms with van der Waals surface area (Å²) in [5.41, 5.74) is 0. The van der Waals surface area contributed by atoms with Gasteiger partial charge in [-0.25, -0.2) is 9.59 Å². The van der Waals surface area contributed by atoms with Crippen LogP contribution in [0.25, 0.3) is 0 Å². The Kier molecular flexibility index (Phi) is 27.1. The minimum atomic E-state index is -0.513. The van der Waals surface area contributed by atoms with E-state index in [1.165, 1.54) is 64.2 Å². The van der Waals surface area contributed by atoms with Gasteiger partial charge < -0.3 is 29.6 Å². The summed E-state index contributed by atoms with van der Waals surface area (Å²) < 4.78 is 21.7. The maximum atomic E-state index is 12.2. The van der Waals surface area contributed by atoms with Crippen LogP contribution in [0.2, 0.25) is 0 Å². The number of nitrogens with one attached hydrogen (secondary N) is 2. The first-order chi connectivity index (χ1) is 25.4. The van der Waals surface area contributed by atoms with Crippen molar-refractivity contribution in [3.05, 3.63) is 0 Å². The van der Waals surface area contributed by atoms with Crippen LogP contribution in [0.15, 0.2) is 0 Å². The minimum absolute atomic E-state index is 0.0899. The lowest BCUT2D eigenvalue weighted by atomic mass is 9.99. The van der Waals surface area contributed by atoms with Crippen LogP contribution in [0, 0.1) is 0 Å². The zero-order chi connectivity index (χ0) is 37.5. The number of unbranched alkanes of at least 4 members (excludes halogenated alkanes) is 19. The van der Waals surface area contributed by atoms with Gasteiger partial charge in [0.2, 0.25) is 11.8 Å². The number of amides is 2. The average Bonchev–Trinajstić information content (AvgIpc) is 3.67. The van der Waals surface area contributed by atoms with Gasteiger partial charge in [0.05, 0.1) is 0 Å². The summed E-state index contributed by atoms with van der Waals surface area (Å²) in [6.07, 6.45) is 29.7. The SMILES string of the molecule is CCCCCCCCC1OC(=O)OC1CCCCCCCC(=O)NCCCCNC(=O)CCCCCCCC1OC(=O)OC1CCCCCCCC. The van der Waals surface area contributed by atoms with Crippen LogP contribution in [0.1, 0.15) is 206 Å². The highest BCUT2D eigenvalue weighted by Gasteiger charge is 2.36. The predicted octanol–water partition coefficient (Wildman–Crippen LogP) is 10.8. The molecule has 0 bridgehead atoms. The average molecular weight is 737 g/mol. The Hall–Kier alpha value is -2.52. The van der Waals surface area contributed by atoms with Gasteiger partial charge in [-0.1, -0.05) is 117 Å². The minimum Gasteiger partial charge on any atom is -0.427 e. The fourth-order valence-electron chi connectivity index (χ4n) is 7.29. The third kappa shape index (κ3) is 23.2. The van der Waals surface area contributed by atoms with E-state index in [0.29, 0.717) is 25.9 Å². The molecule has 0 aromatic carbocycles. The molecule has 2 aliphatic heterocycles. The lowest BCUT2D eigenvalue weighted by Crippen LogP contribution is -2.27. The molecule has 302 valence electrons. The third-order valence-electron chi connectivity index (χ3n) is 10.5. The molecule has 2 aliphatic rings. The molecule has 2 rings (SSSR count). The van der Waals surface area contributed by atoms with Gasteiger partial charge in [0.25, 0.3) is 0 Å². The lowest BCUT2D eigenvalue weighted by molar-refractivity contribution is -0.122. The number of hydrogen-bond donors (Lipinski definition) is 2. The fraction of sp³-hybridized carbons (Fsp3) is 0.905. The molecule has 0 aromatic rings. The van der Waals surface area contributed by atoms with Gasteiger partial charge in [-0.05, 0) is 77.0 Å². The molecule has 2 fully saturated rings. The van der Waals surface area contributed by atoms with E-state index >= 15 is 0 Å². The molecule has 52 heavy (non-hydrogen) atoms. The van der Waals surface area contributed by atoms with Crippen LogP contribution < -0.4 is 10.6 Å². The lowest BCUT2D eigenvalue weighted by Gasteiger charge is -2.15. The molecule has 4 unspecified atom stereocenters. The highest BCUT2D eigenvalue weighted by atomic mass is 16.8. The number of carbonyl (C=O) groups excluding carboxylic acids is 4. The highest BCUT2D eigenvalue weighted by Crippen LogP contribution is 2.27. The van der Waals surface area contributed by atoms with E-state index in [-0.39, 0.29) is 36.2 Å².